The quantitative estimate of drug-likeness (QED) is 0.755. The third kappa shape index (κ3) is 3.12. The number of fused-ring (bicyclic) bond motifs is 1. The third-order valence-electron chi connectivity index (χ3n) is 3.62. The molecule has 1 aromatic carbocycles. The van der Waals surface area contributed by atoms with Crippen LogP contribution < -0.4 is 5.32 Å². The Hall–Kier alpha value is -2.17. The van der Waals surface area contributed by atoms with Gasteiger partial charge in [-0.1, -0.05) is 35.9 Å². The van der Waals surface area contributed by atoms with Crippen molar-refractivity contribution in [3.63, 3.8) is 0 Å². The molecule has 4 nitrogen and oxygen atoms in total. The zero-order valence-electron chi connectivity index (χ0n) is 12.0. The molecule has 0 saturated carbocycles. The van der Waals surface area contributed by atoms with Crippen LogP contribution in [0, 0.1) is 6.92 Å². The molecule has 3 aromatic rings. The number of rotatable bonds is 5. The van der Waals surface area contributed by atoms with Crippen molar-refractivity contribution in [1.29, 1.82) is 0 Å². The van der Waals surface area contributed by atoms with Crippen LogP contribution in [0.3, 0.4) is 0 Å². The molecule has 21 heavy (non-hydrogen) atoms. The van der Waals surface area contributed by atoms with E-state index in [2.05, 4.69) is 16.4 Å². The molecule has 0 amide bonds. The highest BCUT2D eigenvalue weighted by Crippen LogP contribution is 2.13. The molecule has 3 rings (SSSR count). The zero-order chi connectivity index (χ0) is 14.7. The molecule has 0 aliphatic rings. The molecule has 0 spiro atoms. The van der Waals surface area contributed by atoms with Crippen molar-refractivity contribution in [3.05, 3.63) is 71.7 Å². The van der Waals surface area contributed by atoms with E-state index in [-0.39, 0.29) is 0 Å². The SMILES string of the molecule is Cc1ccc(C(O)CNCc2cccc3nccn23)cc1. The van der Waals surface area contributed by atoms with E-state index >= 15 is 0 Å². The van der Waals surface area contributed by atoms with Gasteiger partial charge in [0.15, 0.2) is 0 Å². The lowest BCUT2D eigenvalue weighted by Gasteiger charge is -2.13. The van der Waals surface area contributed by atoms with Gasteiger partial charge in [-0.15, -0.1) is 0 Å². The maximum Gasteiger partial charge on any atom is 0.136 e. The molecule has 0 saturated heterocycles. The van der Waals surface area contributed by atoms with Crippen molar-refractivity contribution in [2.24, 2.45) is 0 Å². The van der Waals surface area contributed by atoms with Crippen molar-refractivity contribution >= 4 is 5.65 Å². The number of imidazole rings is 1. The number of hydrogen-bond donors (Lipinski definition) is 2. The minimum absolute atomic E-state index is 0.493. The normalized spacial score (nSPS) is 12.7. The summed E-state index contributed by atoms with van der Waals surface area (Å²) < 4.78 is 2.05. The molecular formula is C17H19N3O. The van der Waals surface area contributed by atoms with Crippen molar-refractivity contribution < 1.29 is 5.11 Å². The molecule has 4 heteroatoms. The van der Waals surface area contributed by atoms with E-state index in [0.29, 0.717) is 13.1 Å². The molecule has 2 heterocycles. The summed E-state index contributed by atoms with van der Waals surface area (Å²) in [4.78, 5) is 4.26. The minimum Gasteiger partial charge on any atom is -0.387 e. The second kappa shape index (κ2) is 6.08. The van der Waals surface area contributed by atoms with Crippen LogP contribution in [-0.4, -0.2) is 21.0 Å². The third-order valence-corrected chi connectivity index (χ3v) is 3.62. The van der Waals surface area contributed by atoms with Crippen molar-refractivity contribution in [2.45, 2.75) is 19.6 Å². The van der Waals surface area contributed by atoms with Crippen molar-refractivity contribution in [2.75, 3.05) is 6.54 Å². The maximum atomic E-state index is 10.2. The number of benzene rings is 1. The van der Waals surface area contributed by atoms with E-state index in [1.165, 1.54) is 5.56 Å². The van der Waals surface area contributed by atoms with Gasteiger partial charge in [-0.25, -0.2) is 4.98 Å². The van der Waals surface area contributed by atoms with Crippen LogP contribution in [-0.2, 0) is 6.54 Å². The van der Waals surface area contributed by atoms with Crippen LogP contribution >= 0.6 is 0 Å². The number of nitrogens with one attached hydrogen (secondary N) is 1. The first-order valence-electron chi connectivity index (χ1n) is 7.10. The largest absolute Gasteiger partial charge is 0.387 e. The highest BCUT2D eigenvalue weighted by atomic mass is 16.3. The first-order valence-corrected chi connectivity index (χ1v) is 7.10. The first kappa shape index (κ1) is 13.8. The lowest BCUT2D eigenvalue weighted by molar-refractivity contribution is 0.174. The minimum atomic E-state index is -0.493. The number of aromatic nitrogens is 2. The first-order chi connectivity index (χ1) is 10.2. The van der Waals surface area contributed by atoms with Gasteiger partial charge in [0.05, 0.1) is 6.10 Å². The van der Waals surface area contributed by atoms with Gasteiger partial charge in [0.25, 0.3) is 0 Å². The van der Waals surface area contributed by atoms with Gasteiger partial charge in [-0.05, 0) is 24.6 Å². The molecule has 0 radical (unpaired) electrons. The topological polar surface area (TPSA) is 49.6 Å². The van der Waals surface area contributed by atoms with Crippen LogP contribution in [0.1, 0.15) is 22.9 Å². The highest BCUT2D eigenvalue weighted by Gasteiger charge is 2.07. The number of pyridine rings is 1. The van der Waals surface area contributed by atoms with Gasteiger partial charge in [0.1, 0.15) is 5.65 Å². The molecule has 2 aromatic heterocycles. The average Bonchev–Trinajstić information content (AvgIpc) is 2.97. The number of aryl methyl sites for hydroxylation is 1. The Labute approximate surface area is 124 Å². The summed E-state index contributed by atoms with van der Waals surface area (Å²) in [6.07, 6.45) is 3.25. The summed E-state index contributed by atoms with van der Waals surface area (Å²) in [6.45, 7) is 3.25. The Morgan fingerprint density at radius 1 is 1.19 bits per heavy atom. The Balaban J connectivity index is 1.61. The molecular weight excluding hydrogens is 262 g/mol. The summed E-state index contributed by atoms with van der Waals surface area (Å²) in [6, 6.07) is 14.0. The summed E-state index contributed by atoms with van der Waals surface area (Å²) in [5, 5.41) is 13.5. The Morgan fingerprint density at radius 3 is 2.81 bits per heavy atom. The van der Waals surface area contributed by atoms with E-state index in [1.54, 1.807) is 6.20 Å². The smallest absolute Gasteiger partial charge is 0.136 e. The van der Waals surface area contributed by atoms with Crippen LogP contribution in [0.4, 0.5) is 0 Å². The molecule has 0 aliphatic carbocycles. The number of hydrogen-bond acceptors (Lipinski definition) is 3. The van der Waals surface area contributed by atoms with Gasteiger partial charge in [-0.3, -0.25) is 0 Å². The second-order valence-electron chi connectivity index (χ2n) is 5.23. The molecule has 0 aliphatic heterocycles. The predicted octanol–water partition coefficient (Wildman–Crippen LogP) is 2.47. The van der Waals surface area contributed by atoms with Crippen LogP contribution in [0.25, 0.3) is 5.65 Å². The van der Waals surface area contributed by atoms with Gasteiger partial charge in [0, 0.05) is 31.2 Å². The Kier molecular flexibility index (Phi) is 3.99. The standard InChI is InChI=1S/C17H19N3O/c1-13-5-7-14(8-6-13)16(21)12-18-11-15-3-2-4-17-19-9-10-20(15)17/h2-10,16,18,21H,11-12H2,1H3. The monoisotopic (exact) mass is 281 g/mol. The molecule has 108 valence electrons. The van der Waals surface area contributed by atoms with Crippen LogP contribution in [0.2, 0.25) is 0 Å². The van der Waals surface area contributed by atoms with E-state index < -0.39 is 6.10 Å². The summed E-state index contributed by atoms with van der Waals surface area (Å²) in [5.74, 6) is 0. The fourth-order valence-electron chi connectivity index (χ4n) is 2.39. The number of aliphatic hydroxyl groups excluding tert-OH is 1. The fourth-order valence-corrected chi connectivity index (χ4v) is 2.39. The zero-order valence-corrected chi connectivity index (χ0v) is 12.0. The summed E-state index contributed by atoms with van der Waals surface area (Å²) >= 11 is 0. The summed E-state index contributed by atoms with van der Waals surface area (Å²) in [5.41, 5.74) is 4.20. The van der Waals surface area contributed by atoms with E-state index in [1.807, 2.05) is 53.9 Å². The van der Waals surface area contributed by atoms with Gasteiger partial charge < -0.3 is 14.8 Å². The average molecular weight is 281 g/mol. The lowest BCUT2D eigenvalue weighted by Crippen LogP contribution is -2.22. The molecule has 0 fully saturated rings. The van der Waals surface area contributed by atoms with Crippen LogP contribution in [0.5, 0.6) is 0 Å². The molecule has 0 bridgehead atoms. The number of nitrogens with zero attached hydrogens (tertiary/aromatic N) is 2. The van der Waals surface area contributed by atoms with Crippen molar-refractivity contribution in [1.82, 2.24) is 14.7 Å². The molecule has 1 atom stereocenters. The maximum absolute atomic E-state index is 10.2. The lowest BCUT2D eigenvalue weighted by atomic mass is 10.1. The van der Waals surface area contributed by atoms with Gasteiger partial charge in [-0.2, -0.15) is 0 Å². The summed E-state index contributed by atoms with van der Waals surface area (Å²) in [7, 11) is 0. The Bertz CT molecular complexity index is 718. The van der Waals surface area contributed by atoms with Gasteiger partial charge >= 0.3 is 0 Å². The molecule has 2 N–H and O–H groups in total. The second-order valence-corrected chi connectivity index (χ2v) is 5.23. The Morgan fingerprint density at radius 2 is 2.00 bits per heavy atom. The van der Waals surface area contributed by atoms with E-state index in [4.69, 9.17) is 0 Å². The number of aliphatic hydroxyl groups is 1. The van der Waals surface area contributed by atoms with E-state index in [9.17, 15) is 5.11 Å². The highest BCUT2D eigenvalue weighted by molar-refractivity contribution is 5.39. The van der Waals surface area contributed by atoms with Crippen molar-refractivity contribution in [3.8, 4) is 0 Å². The van der Waals surface area contributed by atoms with Gasteiger partial charge in [0.2, 0.25) is 0 Å². The van der Waals surface area contributed by atoms with Crippen LogP contribution in [0.15, 0.2) is 54.9 Å². The fraction of sp³-hybridized carbons (Fsp3) is 0.235. The molecule has 1 unspecified atom stereocenters. The van der Waals surface area contributed by atoms with E-state index in [0.717, 1.165) is 16.9 Å². The predicted molar refractivity (Wildman–Crippen MR) is 83.0 cm³/mol.